The average Bonchev–Trinajstić information content (AvgIpc) is 2.71. The van der Waals surface area contributed by atoms with Crippen LogP contribution in [-0.2, 0) is 11.2 Å². The first-order chi connectivity index (χ1) is 13.8. The summed E-state index contributed by atoms with van der Waals surface area (Å²) in [6.45, 7) is 0. The SMILES string of the molecule is CN(C)C(=O)c1ccc(C(c2cc(F)ccc2F)[S+]([O-])c2ccc(F)cc2)cn1. The molecule has 2 unspecified atom stereocenters. The molecule has 3 rings (SSSR count). The molecule has 0 N–H and O–H groups in total. The van der Waals surface area contributed by atoms with Gasteiger partial charge < -0.3 is 9.45 Å². The Morgan fingerprint density at radius 2 is 1.66 bits per heavy atom. The lowest BCUT2D eigenvalue weighted by Crippen LogP contribution is -2.23. The second-order valence-corrected chi connectivity index (χ2v) is 8.01. The molecule has 0 fully saturated rings. The summed E-state index contributed by atoms with van der Waals surface area (Å²) in [5.74, 6) is -2.26. The van der Waals surface area contributed by atoms with E-state index in [-0.39, 0.29) is 22.1 Å². The third-order valence-corrected chi connectivity index (χ3v) is 5.91. The average molecular weight is 418 g/mol. The number of aromatic nitrogens is 1. The fourth-order valence-electron chi connectivity index (χ4n) is 2.75. The van der Waals surface area contributed by atoms with Crippen LogP contribution in [0.2, 0.25) is 0 Å². The van der Waals surface area contributed by atoms with E-state index in [4.69, 9.17) is 0 Å². The molecule has 0 radical (unpaired) electrons. The van der Waals surface area contributed by atoms with Gasteiger partial charge in [0.15, 0.2) is 10.1 Å². The van der Waals surface area contributed by atoms with Crippen LogP contribution < -0.4 is 0 Å². The van der Waals surface area contributed by atoms with Gasteiger partial charge in [-0.3, -0.25) is 9.78 Å². The fraction of sp³-hybridized carbons (Fsp3) is 0.143. The van der Waals surface area contributed by atoms with Crippen LogP contribution in [0, 0.1) is 17.5 Å². The Morgan fingerprint density at radius 1 is 1.00 bits per heavy atom. The number of nitrogens with zero attached hydrogens (tertiary/aromatic N) is 2. The molecule has 0 bridgehead atoms. The third-order valence-electron chi connectivity index (χ3n) is 4.21. The zero-order chi connectivity index (χ0) is 21.1. The summed E-state index contributed by atoms with van der Waals surface area (Å²) >= 11 is -1.88. The minimum absolute atomic E-state index is 0.124. The predicted molar refractivity (Wildman–Crippen MR) is 103 cm³/mol. The summed E-state index contributed by atoms with van der Waals surface area (Å²) in [6.07, 6.45) is 1.31. The van der Waals surface area contributed by atoms with E-state index in [1.807, 2.05) is 0 Å². The molecular weight excluding hydrogens is 401 g/mol. The number of pyridine rings is 1. The van der Waals surface area contributed by atoms with Crippen molar-refractivity contribution in [3.8, 4) is 0 Å². The molecule has 1 aromatic heterocycles. The molecule has 1 heterocycles. The monoisotopic (exact) mass is 418 g/mol. The Hall–Kier alpha value is -2.84. The summed E-state index contributed by atoms with van der Waals surface area (Å²) in [5.41, 5.74) is 0.360. The first-order valence-electron chi connectivity index (χ1n) is 8.56. The van der Waals surface area contributed by atoms with Gasteiger partial charge in [-0.1, -0.05) is 0 Å². The highest BCUT2D eigenvalue weighted by atomic mass is 32.2. The van der Waals surface area contributed by atoms with Crippen molar-refractivity contribution < 1.29 is 22.5 Å². The Labute approximate surface area is 169 Å². The van der Waals surface area contributed by atoms with Gasteiger partial charge in [-0.15, -0.1) is 0 Å². The van der Waals surface area contributed by atoms with E-state index >= 15 is 0 Å². The maximum atomic E-state index is 14.5. The van der Waals surface area contributed by atoms with Gasteiger partial charge in [0.25, 0.3) is 5.91 Å². The standard InChI is InChI=1S/C21H17F3N2O2S/c1-26(2)21(27)19-10-3-13(12-25-19)20(17-11-15(23)6-9-18(17)24)29(28)16-7-4-14(22)5-8-16/h3-12,20H,1-2H3. The van der Waals surface area contributed by atoms with Crippen molar-refractivity contribution in [1.29, 1.82) is 0 Å². The Kier molecular flexibility index (Phi) is 6.24. The second kappa shape index (κ2) is 8.67. The maximum Gasteiger partial charge on any atom is 0.271 e. The number of rotatable bonds is 5. The number of carbonyl (C=O) groups is 1. The van der Waals surface area contributed by atoms with Gasteiger partial charge in [-0.25, -0.2) is 13.2 Å². The van der Waals surface area contributed by atoms with Gasteiger partial charge in [-0.05, 0) is 65.8 Å². The van der Waals surface area contributed by atoms with Crippen LogP contribution in [0.15, 0.2) is 65.7 Å². The topological polar surface area (TPSA) is 56.3 Å². The molecule has 3 aromatic rings. The third kappa shape index (κ3) is 4.60. The molecule has 2 atom stereocenters. The zero-order valence-electron chi connectivity index (χ0n) is 15.6. The van der Waals surface area contributed by atoms with E-state index in [1.165, 1.54) is 35.4 Å². The quantitative estimate of drug-likeness (QED) is 0.587. The fourth-order valence-corrected chi connectivity index (χ4v) is 4.23. The molecule has 4 nitrogen and oxygen atoms in total. The summed E-state index contributed by atoms with van der Waals surface area (Å²) in [5, 5.41) is -1.10. The van der Waals surface area contributed by atoms with Crippen molar-refractivity contribution >= 4 is 17.1 Å². The number of benzene rings is 2. The van der Waals surface area contributed by atoms with Gasteiger partial charge in [0.2, 0.25) is 0 Å². The van der Waals surface area contributed by atoms with Crippen molar-refractivity contribution in [3.05, 3.63) is 95.1 Å². The largest absolute Gasteiger partial charge is 0.611 e. The van der Waals surface area contributed by atoms with Gasteiger partial charge >= 0.3 is 0 Å². The van der Waals surface area contributed by atoms with Crippen molar-refractivity contribution in [3.63, 3.8) is 0 Å². The summed E-state index contributed by atoms with van der Waals surface area (Å²) in [6, 6.07) is 10.8. The molecule has 0 aliphatic carbocycles. The van der Waals surface area contributed by atoms with E-state index in [0.29, 0.717) is 5.56 Å². The summed E-state index contributed by atoms with van der Waals surface area (Å²) < 4.78 is 54.8. The van der Waals surface area contributed by atoms with Crippen LogP contribution >= 0.6 is 0 Å². The second-order valence-electron chi connectivity index (χ2n) is 6.47. The molecular formula is C21H17F3N2O2S. The number of amides is 1. The van der Waals surface area contributed by atoms with Crippen molar-refractivity contribution in [1.82, 2.24) is 9.88 Å². The highest BCUT2D eigenvalue weighted by Gasteiger charge is 2.32. The molecule has 0 saturated carbocycles. The van der Waals surface area contributed by atoms with Gasteiger partial charge in [0.05, 0.1) is 0 Å². The summed E-state index contributed by atoms with van der Waals surface area (Å²) in [4.78, 5) is 17.7. The van der Waals surface area contributed by atoms with Crippen LogP contribution in [0.4, 0.5) is 13.2 Å². The molecule has 0 spiro atoms. The number of halogens is 3. The van der Waals surface area contributed by atoms with E-state index in [1.54, 1.807) is 14.1 Å². The highest BCUT2D eigenvalue weighted by molar-refractivity contribution is 7.91. The van der Waals surface area contributed by atoms with Crippen LogP contribution in [0.1, 0.15) is 26.9 Å². The molecule has 2 aromatic carbocycles. The molecule has 150 valence electrons. The minimum atomic E-state index is -1.88. The molecule has 1 amide bonds. The van der Waals surface area contributed by atoms with E-state index in [2.05, 4.69) is 4.98 Å². The van der Waals surface area contributed by atoms with E-state index < -0.39 is 33.9 Å². The Bertz CT molecular complexity index is 1010. The molecule has 0 aliphatic heterocycles. The highest BCUT2D eigenvalue weighted by Crippen LogP contribution is 2.36. The molecule has 29 heavy (non-hydrogen) atoms. The molecule has 8 heteroatoms. The normalized spacial score (nSPS) is 13.0. The Morgan fingerprint density at radius 3 is 2.24 bits per heavy atom. The smallest absolute Gasteiger partial charge is 0.271 e. The van der Waals surface area contributed by atoms with E-state index in [0.717, 1.165) is 30.3 Å². The van der Waals surface area contributed by atoms with Crippen molar-refractivity contribution in [2.45, 2.75) is 10.1 Å². The zero-order valence-corrected chi connectivity index (χ0v) is 16.4. The minimum Gasteiger partial charge on any atom is -0.611 e. The predicted octanol–water partition coefficient (Wildman–Crippen LogP) is 4.10. The Balaban J connectivity index is 2.09. The number of hydrogen-bond acceptors (Lipinski definition) is 3. The molecule has 0 saturated heterocycles. The first kappa shape index (κ1) is 20.9. The molecule has 0 aliphatic rings. The van der Waals surface area contributed by atoms with Crippen molar-refractivity contribution in [2.24, 2.45) is 0 Å². The number of hydrogen-bond donors (Lipinski definition) is 0. The van der Waals surface area contributed by atoms with Crippen LogP contribution in [0.25, 0.3) is 0 Å². The van der Waals surface area contributed by atoms with Gasteiger partial charge in [0.1, 0.15) is 23.1 Å². The lowest BCUT2D eigenvalue weighted by atomic mass is 10.0. The lowest BCUT2D eigenvalue weighted by Gasteiger charge is -2.23. The van der Waals surface area contributed by atoms with Gasteiger partial charge in [0, 0.05) is 31.4 Å². The summed E-state index contributed by atoms with van der Waals surface area (Å²) in [7, 11) is 3.15. The van der Waals surface area contributed by atoms with Crippen molar-refractivity contribution in [2.75, 3.05) is 14.1 Å². The van der Waals surface area contributed by atoms with Crippen LogP contribution in [0.5, 0.6) is 0 Å². The van der Waals surface area contributed by atoms with E-state index in [9.17, 15) is 22.5 Å². The lowest BCUT2D eigenvalue weighted by molar-refractivity contribution is 0.0822. The van der Waals surface area contributed by atoms with Crippen LogP contribution in [-0.4, -0.2) is 34.4 Å². The van der Waals surface area contributed by atoms with Crippen LogP contribution in [0.3, 0.4) is 0 Å². The number of carbonyl (C=O) groups excluding carboxylic acids is 1. The maximum absolute atomic E-state index is 14.5. The first-order valence-corrected chi connectivity index (χ1v) is 9.78. The van der Waals surface area contributed by atoms with Gasteiger partial charge in [-0.2, -0.15) is 0 Å².